The van der Waals surface area contributed by atoms with E-state index in [2.05, 4.69) is 31.6 Å². The lowest BCUT2D eigenvalue weighted by Gasteiger charge is -2.27. The summed E-state index contributed by atoms with van der Waals surface area (Å²) in [4.78, 5) is 81.8. The maximum Gasteiger partial charge on any atom is 0.303 e. The second kappa shape index (κ2) is 15.3. The van der Waals surface area contributed by atoms with Crippen LogP contribution in [0.1, 0.15) is 65.9 Å². The number of carboxylic acid groups (broad SMARTS) is 1. The molecule has 1 fully saturated rings. The van der Waals surface area contributed by atoms with Gasteiger partial charge in [-0.2, -0.15) is 0 Å². The van der Waals surface area contributed by atoms with Gasteiger partial charge in [-0.15, -0.1) is 0 Å². The van der Waals surface area contributed by atoms with Crippen molar-refractivity contribution in [3.05, 3.63) is 36.0 Å². The molecule has 13 nitrogen and oxygen atoms in total. The number of amides is 5. The van der Waals surface area contributed by atoms with Crippen LogP contribution >= 0.6 is 0 Å². The first-order valence-electron chi connectivity index (χ1n) is 15.0. The molecule has 0 radical (unpaired) electrons. The van der Waals surface area contributed by atoms with Gasteiger partial charge in [-0.1, -0.05) is 45.9 Å². The standard InChI is InChI=1S/C31H44N6O7/c1-16(2)12-23-29(42)36-24(13-17(3)4)30(43)37-25(14-19-15-32-21-9-7-6-8-20(19)21)31(44)34-22(10-11-26(38)39)28(41)33-18(5)27(40)35-23/h6-9,15-18,22-25,32H,10-14H2,1-5H3,(H,33,41)(H,34,44)(H,35,40)(H,36,42)(H,37,43)(H,38,39)/t18-,22+,23+,24-,25+/m0/s1. The number of carbonyl (C=O) groups is 6. The molecule has 0 bridgehead atoms. The number of hydrogen-bond donors (Lipinski definition) is 7. The Morgan fingerprint density at radius 2 is 1.23 bits per heavy atom. The van der Waals surface area contributed by atoms with Gasteiger partial charge in [0, 0.05) is 29.9 Å². The maximum atomic E-state index is 13.7. The Kier molecular flexibility index (Phi) is 11.9. The number of hydrogen-bond acceptors (Lipinski definition) is 6. The number of aromatic amines is 1. The molecule has 2 heterocycles. The van der Waals surface area contributed by atoms with Crippen molar-refractivity contribution in [1.29, 1.82) is 0 Å². The van der Waals surface area contributed by atoms with Crippen LogP contribution in [0.3, 0.4) is 0 Å². The summed E-state index contributed by atoms with van der Waals surface area (Å²) >= 11 is 0. The zero-order valence-corrected chi connectivity index (χ0v) is 25.9. The Bertz CT molecular complexity index is 1370. The van der Waals surface area contributed by atoms with E-state index in [1.807, 2.05) is 52.0 Å². The van der Waals surface area contributed by atoms with Crippen LogP contribution in [-0.2, 0) is 35.2 Å². The average molecular weight is 613 g/mol. The molecule has 44 heavy (non-hydrogen) atoms. The van der Waals surface area contributed by atoms with Gasteiger partial charge in [0.15, 0.2) is 0 Å². The van der Waals surface area contributed by atoms with Crippen molar-refractivity contribution in [3.8, 4) is 0 Å². The molecule has 1 aliphatic rings. The number of benzene rings is 1. The van der Waals surface area contributed by atoms with Crippen molar-refractivity contribution in [2.24, 2.45) is 11.8 Å². The molecule has 0 unspecified atom stereocenters. The zero-order valence-electron chi connectivity index (χ0n) is 25.9. The van der Waals surface area contributed by atoms with Crippen molar-refractivity contribution in [2.75, 3.05) is 0 Å². The summed E-state index contributed by atoms with van der Waals surface area (Å²) in [6.07, 6.45) is 1.64. The SMILES string of the molecule is CC(C)C[C@@H]1NC(=O)[C@@H](CC(C)C)NC(=O)[C@H](C)NC(=O)[C@@H](CCC(=O)O)NC(=O)[C@@H](Cc2c[nH]c3ccccc23)NC1=O. The summed E-state index contributed by atoms with van der Waals surface area (Å²) in [5, 5.41) is 23.5. The molecule has 5 amide bonds. The quantitative estimate of drug-likeness (QED) is 0.220. The van der Waals surface area contributed by atoms with Gasteiger partial charge in [0.1, 0.15) is 30.2 Å². The summed E-state index contributed by atoms with van der Waals surface area (Å²) in [6.45, 7) is 8.99. The van der Waals surface area contributed by atoms with Crippen molar-refractivity contribution >= 4 is 46.4 Å². The highest BCUT2D eigenvalue weighted by atomic mass is 16.4. The van der Waals surface area contributed by atoms with Crippen LogP contribution in [0, 0.1) is 11.8 Å². The molecule has 240 valence electrons. The molecular formula is C31H44N6O7. The summed E-state index contributed by atoms with van der Waals surface area (Å²) in [5.41, 5.74) is 1.56. The fraction of sp³-hybridized carbons (Fsp3) is 0.548. The summed E-state index contributed by atoms with van der Waals surface area (Å²) < 4.78 is 0. The number of rotatable bonds is 9. The highest BCUT2D eigenvalue weighted by Crippen LogP contribution is 2.20. The van der Waals surface area contributed by atoms with Crippen molar-refractivity contribution in [3.63, 3.8) is 0 Å². The summed E-state index contributed by atoms with van der Waals surface area (Å²) in [6, 6.07) is 1.86. The molecule has 1 aromatic carbocycles. The minimum atomic E-state index is -1.31. The van der Waals surface area contributed by atoms with E-state index in [0.717, 1.165) is 16.5 Å². The molecule has 3 rings (SSSR count). The third-order valence-electron chi connectivity index (χ3n) is 7.44. The molecule has 1 aliphatic heterocycles. The minimum Gasteiger partial charge on any atom is -0.481 e. The Labute approximate surface area is 256 Å². The van der Waals surface area contributed by atoms with E-state index in [4.69, 9.17) is 0 Å². The molecule has 7 N–H and O–H groups in total. The van der Waals surface area contributed by atoms with E-state index in [1.165, 1.54) is 6.92 Å². The highest BCUT2D eigenvalue weighted by Gasteiger charge is 2.34. The lowest BCUT2D eigenvalue weighted by molar-refractivity contribution is -0.138. The Hall–Kier alpha value is -4.42. The van der Waals surface area contributed by atoms with Gasteiger partial charge in [0.25, 0.3) is 0 Å². The molecule has 1 saturated heterocycles. The van der Waals surface area contributed by atoms with Crippen LogP contribution in [0.15, 0.2) is 30.5 Å². The smallest absolute Gasteiger partial charge is 0.303 e. The van der Waals surface area contributed by atoms with Crippen LogP contribution in [0.25, 0.3) is 10.9 Å². The van der Waals surface area contributed by atoms with E-state index in [9.17, 15) is 33.9 Å². The third kappa shape index (κ3) is 9.55. The molecule has 0 aliphatic carbocycles. The topological polar surface area (TPSA) is 199 Å². The Morgan fingerprint density at radius 3 is 1.82 bits per heavy atom. The molecule has 2 aromatic rings. The average Bonchev–Trinajstić information content (AvgIpc) is 3.35. The number of H-pyrrole nitrogens is 1. The van der Waals surface area contributed by atoms with Crippen molar-refractivity contribution in [2.45, 2.75) is 96.9 Å². The minimum absolute atomic E-state index is 0.00518. The van der Waals surface area contributed by atoms with Gasteiger partial charge in [-0.05, 0) is 49.7 Å². The Balaban J connectivity index is 2.04. The van der Waals surface area contributed by atoms with Gasteiger partial charge >= 0.3 is 5.97 Å². The van der Waals surface area contributed by atoms with E-state index in [0.29, 0.717) is 0 Å². The number of aliphatic carboxylic acids is 1. The number of aromatic nitrogens is 1. The fourth-order valence-corrected chi connectivity index (χ4v) is 5.17. The van der Waals surface area contributed by atoms with Crippen LogP contribution in [-0.4, -0.2) is 75.8 Å². The van der Waals surface area contributed by atoms with Crippen molar-refractivity contribution < 1.29 is 33.9 Å². The van der Waals surface area contributed by atoms with Crippen LogP contribution < -0.4 is 26.6 Å². The Morgan fingerprint density at radius 1 is 0.727 bits per heavy atom. The van der Waals surface area contributed by atoms with Gasteiger partial charge in [-0.3, -0.25) is 28.8 Å². The van der Waals surface area contributed by atoms with E-state index < -0.39 is 72.1 Å². The van der Waals surface area contributed by atoms with Crippen LogP contribution in [0.4, 0.5) is 0 Å². The number of para-hydroxylation sites is 1. The van der Waals surface area contributed by atoms with Gasteiger partial charge in [0.05, 0.1) is 0 Å². The van der Waals surface area contributed by atoms with Crippen LogP contribution in [0.2, 0.25) is 0 Å². The molecule has 0 saturated carbocycles. The maximum absolute atomic E-state index is 13.7. The predicted molar refractivity (Wildman–Crippen MR) is 163 cm³/mol. The molecule has 13 heteroatoms. The van der Waals surface area contributed by atoms with Gasteiger partial charge in [0.2, 0.25) is 29.5 Å². The lowest BCUT2D eigenvalue weighted by atomic mass is 9.99. The first kappa shape index (κ1) is 34.1. The fourth-order valence-electron chi connectivity index (χ4n) is 5.17. The largest absolute Gasteiger partial charge is 0.481 e. The van der Waals surface area contributed by atoms with Crippen molar-refractivity contribution in [1.82, 2.24) is 31.6 Å². The molecule has 5 atom stereocenters. The molecule has 1 aromatic heterocycles. The summed E-state index contributed by atoms with van der Waals surface area (Å²) in [5.74, 6) is -4.44. The second-order valence-electron chi connectivity index (χ2n) is 12.2. The van der Waals surface area contributed by atoms with Gasteiger partial charge < -0.3 is 36.7 Å². The first-order chi connectivity index (χ1) is 20.7. The van der Waals surface area contributed by atoms with E-state index in [1.54, 1.807) is 6.20 Å². The number of carboxylic acids is 1. The summed E-state index contributed by atoms with van der Waals surface area (Å²) in [7, 11) is 0. The normalized spacial score (nSPS) is 24.2. The zero-order chi connectivity index (χ0) is 32.6. The van der Waals surface area contributed by atoms with Gasteiger partial charge in [-0.25, -0.2) is 0 Å². The predicted octanol–water partition coefficient (Wildman–Crippen LogP) is 1.12. The lowest BCUT2D eigenvalue weighted by Crippen LogP contribution is -2.58. The van der Waals surface area contributed by atoms with Crippen LogP contribution in [0.5, 0.6) is 0 Å². The first-order valence-corrected chi connectivity index (χ1v) is 15.0. The van der Waals surface area contributed by atoms with E-state index >= 15 is 0 Å². The third-order valence-corrected chi connectivity index (χ3v) is 7.44. The van der Waals surface area contributed by atoms with E-state index in [-0.39, 0.29) is 37.5 Å². The molecule has 0 spiro atoms. The number of carbonyl (C=O) groups excluding carboxylic acids is 5. The monoisotopic (exact) mass is 612 g/mol. The number of fused-ring (bicyclic) bond motifs is 1. The number of nitrogens with one attached hydrogen (secondary N) is 6. The molecular weight excluding hydrogens is 568 g/mol. The second-order valence-corrected chi connectivity index (χ2v) is 12.2. The highest BCUT2D eigenvalue weighted by molar-refractivity contribution is 5.98.